The first-order valence-electron chi connectivity index (χ1n) is 8.14. The summed E-state index contributed by atoms with van der Waals surface area (Å²) in [6, 6.07) is 3.94. The van der Waals surface area contributed by atoms with Gasteiger partial charge in [-0.15, -0.1) is 12.4 Å². The standard InChI is InChI=1S/C17H22ClNO4.ClH/c18-14-8-13(9-15-17(14)23-7-6-22-15)11-19-4-1-2-12(3-5-19)10-16(20)21;/h8-9,12H,1-7,10-11H2,(H,20,21);1H. The average molecular weight is 376 g/mol. The molecule has 0 aliphatic carbocycles. The highest BCUT2D eigenvalue weighted by Crippen LogP contribution is 2.38. The summed E-state index contributed by atoms with van der Waals surface area (Å²) in [4.78, 5) is 13.2. The summed E-state index contributed by atoms with van der Waals surface area (Å²) in [5.74, 6) is 0.958. The molecule has 2 aliphatic heterocycles. The number of carboxylic acids is 1. The molecule has 0 radical (unpaired) electrons. The van der Waals surface area contributed by atoms with Crippen molar-refractivity contribution >= 4 is 30.0 Å². The molecular formula is C17H23Cl2NO4. The number of fused-ring (bicyclic) bond motifs is 1. The van der Waals surface area contributed by atoms with E-state index in [1.165, 1.54) is 0 Å². The minimum absolute atomic E-state index is 0. The molecule has 1 atom stereocenters. The van der Waals surface area contributed by atoms with Crippen molar-refractivity contribution < 1.29 is 19.4 Å². The Bertz CT molecular complexity index is 582. The van der Waals surface area contributed by atoms with Crippen molar-refractivity contribution in [2.75, 3.05) is 26.3 Å². The third kappa shape index (κ3) is 4.91. The number of benzene rings is 1. The van der Waals surface area contributed by atoms with Crippen molar-refractivity contribution in [3.63, 3.8) is 0 Å². The Morgan fingerprint density at radius 1 is 1.25 bits per heavy atom. The van der Waals surface area contributed by atoms with Gasteiger partial charge in [-0.1, -0.05) is 11.6 Å². The molecule has 2 heterocycles. The summed E-state index contributed by atoms with van der Waals surface area (Å²) in [6.45, 7) is 3.79. The van der Waals surface area contributed by atoms with Crippen LogP contribution in [0.5, 0.6) is 11.5 Å². The van der Waals surface area contributed by atoms with E-state index in [0.717, 1.165) is 50.2 Å². The molecule has 1 N–H and O–H groups in total. The van der Waals surface area contributed by atoms with Crippen molar-refractivity contribution in [3.05, 3.63) is 22.7 Å². The van der Waals surface area contributed by atoms with E-state index in [-0.39, 0.29) is 18.8 Å². The van der Waals surface area contributed by atoms with Gasteiger partial charge in [0.15, 0.2) is 11.5 Å². The van der Waals surface area contributed by atoms with E-state index in [4.69, 9.17) is 26.2 Å². The normalized spacial score (nSPS) is 20.8. The molecule has 5 nitrogen and oxygen atoms in total. The summed E-state index contributed by atoms with van der Waals surface area (Å²) in [5, 5.41) is 9.54. The van der Waals surface area contributed by atoms with Crippen LogP contribution in [0.25, 0.3) is 0 Å². The lowest BCUT2D eigenvalue weighted by Gasteiger charge is -2.23. The maximum Gasteiger partial charge on any atom is 0.303 e. The van der Waals surface area contributed by atoms with Gasteiger partial charge in [0.05, 0.1) is 5.02 Å². The van der Waals surface area contributed by atoms with Crippen LogP contribution in [0, 0.1) is 5.92 Å². The van der Waals surface area contributed by atoms with Gasteiger partial charge in [-0.2, -0.15) is 0 Å². The first-order valence-corrected chi connectivity index (χ1v) is 8.52. The van der Waals surface area contributed by atoms with E-state index in [2.05, 4.69) is 4.90 Å². The number of ether oxygens (including phenoxy) is 2. The zero-order valence-electron chi connectivity index (χ0n) is 13.5. The number of hydrogen-bond donors (Lipinski definition) is 1. The quantitative estimate of drug-likeness (QED) is 0.870. The van der Waals surface area contributed by atoms with E-state index in [1.54, 1.807) is 0 Å². The highest BCUT2D eigenvalue weighted by Gasteiger charge is 2.21. The van der Waals surface area contributed by atoms with Gasteiger partial charge < -0.3 is 14.6 Å². The fraction of sp³-hybridized carbons (Fsp3) is 0.588. The number of carbonyl (C=O) groups is 1. The lowest BCUT2D eigenvalue weighted by Crippen LogP contribution is -2.24. The van der Waals surface area contributed by atoms with Gasteiger partial charge in [-0.3, -0.25) is 9.69 Å². The van der Waals surface area contributed by atoms with Crippen molar-refractivity contribution in [2.45, 2.75) is 32.2 Å². The molecular weight excluding hydrogens is 353 g/mol. The molecule has 24 heavy (non-hydrogen) atoms. The summed E-state index contributed by atoms with van der Waals surface area (Å²) in [7, 11) is 0. The van der Waals surface area contributed by atoms with Crippen molar-refractivity contribution in [1.82, 2.24) is 4.90 Å². The lowest BCUT2D eigenvalue weighted by molar-refractivity contribution is -0.138. The molecule has 0 saturated carbocycles. The zero-order valence-corrected chi connectivity index (χ0v) is 15.1. The summed E-state index contributed by atoms with van der Waals surface area (Å²) >= 11 is 6.29. The molecule has 0 bridgehead atoms. The largest absolute Gasteiger partial charge is 0.486 e. The Kier molecular flexibility index (Phi) is 7.02. The number of carboxylic acid groups (broad SMARTS) is 1. The zero-order chi connectivity index (χ0) is 16.2. The van der Waals surface area contributed by atoms with E-state index in [9.17, 15) is 4.79 Å². The lowest BCUT2D eigenvalue weighted by atomic mass is 9.97. The third-order valence-corrected chi connectivity index (χ3v) is 4.75. The van der Waals surface area contributed by atoms with Crippen LogP contribution in [0.15, 0.2) is 12.1 Å². The molecule has 2 aliphatic rings. The molecule has 1 unspecified atom stereocenters. The first kappa shape index (κ1) is 19.2. The van der Waals surface area contributed by atoms with Gasteiger partial charge in [-0.25, -0.2) is 0 Å². The average Bonchev–Trinajstić information content (AvgIpc) is 2.72. The van der Waals surface area contributed by atoms with Gasteiger partial charge >= 0.3 is 5.97 Å². The predicted octanol–water partition coefficient (Wildman–Crippen LogP) is 3.61. The molecule has 0 spiro atoms. The topological polar surface area (TPSA) is 59.0 Å². The molecule has 1 aromatic carbocycles. The van der Waals surface area contributed by atoms with Crippen LogP contribution < -0.4 is 9.47 Å². The van der Waals surface area contributed by atoms with E-state index in [1.807, 2.05) is 12.1 Å². The van der Waals surface area contributed by atoms with Crippen LogP contribution in [0.4, 0.5) is 0 Å². The van der Waals surface area contributed by atoms with E-state index >= 15 is 0 Å². The monoisotopic (exact) mass is 375 g/mol. The highest BCUT2D eigenvalue weighted by atomic mass is 35.5. The van der Waals surface area contributed by atoms with Gasteiger partial charge in [-0.05, 0) is 56.0 Å². The number of nitrogens with zero attached hydrogens (tertiary/aromatic N) is 1. The summed E-state index contributed by atoms with van der Waals surface area (Å²) < 4.78 is 11.2. The Labute approximate surface area is 153 Å². The molecule has 0 aromatic heterocycles. The van der Waals surface area contributed by atoms with Gasteiger partial charge in [0.25, 0.3) is 0 Å². The van der Waals surface area contributed by atoms with Crippen LogP contribution in [0.1, 0.15) is 31.2 Å². The maximum atomic E-state index is 10.9. The summed E-state index contributed by atoms with van der Waals surface area (Å²) in [5.41, 5.74) is 1.11. The Morgan fingerprint density at radius 2 is 2.04 bits per heavy atom. The van der Waals surface area contributed by atoms with Crippen LogP contribution >= 0.6 is 24.0 Å². The minimum atomic E-state index is -0.693. The van der Waals surface area contributed by atoms with Crippen LogP contribution in [0.3, 0.4) is 0 Å². The SMILES string of the molecule is Cl.O=C(O)CC1CCCN(Cc2cc(Cl)c3c(c2)OCCO3)CC1. The maximum absolute atomic E-state index is 10.9. The second-order valence-corrected chi connectivity index (χ2v) is 6.68. The second-order valence-electron chi connectivity index (χ2n) is 6.27. The van der Waals surface area contributed by atoms with Crippen LogP contribution in [-0.2, 0) is 11.3 Å². The fourth-order valence-corrected chi connectivity index (χ4v) is 3.64. The number of rotatable bonds is 4. The number of hydrogen-bond acceptors (Lipinski definition) is 4. The molecule has 3 rings (SSSR count). The number of likely N-dealkylation sites (tertiary alicyclic amines) is 1. The van der Waals surface area contributed by atoms with Crippen LogP contribution in [-0.4, -0.2) is 42.3 Å². The number of aliphatic carboxylic acids is 1. The van der Waals surface area contributed by atoms with Gasteiger partial charge in [0.2, 0.25) is 0 Å². The molecule has 0 amide bonds. The first-order chi connectivity index (χ1) is 11.1. The Balaban J connectivity index is 0.00000208. The molecule has 1 fully saturated rings. The fourth-order valence-electron chi connectivity index (χ4n) is 3.35. The molecule has 7 heteroatoms. The van der Waals surface area contributed by atoms with Crippen molar-refractivity contribution in [1.29, 1.82) is 0 Å². The molecule has 1 saturated heterocycles. The van der Waals surface area contributed by atoms with E-state index < -0.39 is 5.97 Å². The Morgan fingerprint density at radius 3 is 2.83 bits per heavy atom. The molecule has 134 valence electrons. The predicted molar refractivity (Wildman–Crippen MR) is 94.6 cm³/mol. The van der Waals surface area contributed by atoms with Gasteiger partial charge in [0, 0.05) is 13.0 Å². The van der Waals surface area contributed by atoms with Gasteiger partial charge in [0.1, 0.15) is 13.2 Å². The van der Waals surface area contributed by atoms with Crippen LogP contribution in [0.2, 0.25) is 5.02 Å². The minimum Gasteiger partial charge on any atom is -0.486 e. The Hall–Kier alpha value is -1.17. The van der Waals surface area contributed by atoms with Crippen molar-refractivity contribution in [3.8, 4) is 11.5 Å². The smallest absolute Gasteiger partial charge is 0.303 e. The summed E-state index contributed by atoms with van der Waals surface area (Å²) in [6.07, 6.45) is 3.25. The van der Waals surface area contributed by atoms with Crippen molar-refractivity contribution in [2.24, 2.45) is 5.92 Å². The van der Waals surface area contributed by atoms with E-state index in [0.29, 0.717) is 29.9 Å². The third-order valence-electron chi connectivity index (χ3n) is 4.47. The second kappa shape index (κ2) is 8.79. The highest BCUT2D eigenvalue weighted by molar-refractivity contribution is 6.32. The number of halogens is 2. The molecule has 1 aromatic rings.